The predicted molar refractivity (Wildman–Crippen MR) is 101 cm³/mol. The minimum absolute atomic E-state index is 0.170. The monoisotopic (exact) mass is 372 g/mol. The second kappa shape index (κ2) is 7.33. The van der Waals surface area contributed by atoms with Crippen LogP contribution in [0.25, 0.3) is 0 Å². The summed E-state index contributed by atoms with van der Waals surface area (Å²) in [5, 5.41) is 9.45. The van der Waals surface area contributed by atoms with E-state index in [0.29, 0.717) is 18.4 Å². The van der Waals surface area contributed by atoms with Crippen LogP contribution in [0.2, 0.25) is 0 Å². The number of sulfone groups is 1. The third-order valence-electron chi connectivity index (χ3n) is 5.31. The average molecular weight is 372 g/mol. The van der Waals surface area contributed by atoms with Gasteiger partial charge in [0.2, 0.25) is 0 Å². The molecule has 0 aliphatic heterocycles. The van der Waals surface area contributed by atoms with E-state index in [-0.39, 0.29) is 10.8 Å². The van der Waals surface area contributed by atoms with Crippen LogP contribution >= 0.6 is 0 Å². The number of ketones is 1. The molecule has 0 spiro atoms. The maximum atomic E-state index is 13.3. The molecule has 26 heavy (non-hydrogen) atoms. The van der Waals surface area contributed by atoms with Gasteiger partial charge in [-0.25, -0.2) is 8.42 Å². The number of hydrogen-bond donors (Lipinski definition) is 1. The standard InChI is InChI=1S/C21H24O4S/c1-3-15-13-18(22)19(16-7-5-4-6-8-16)20(23)21(15)26(24,25)17-11-9-14(2)10-12-17/h4-12,15,18-19,21-22H,3,13H2,1-2H3/t15-,18-,19+,21+/m1/s1. The van der Waals surface area contributed by atoms with Crippen molar-refractivity contribution in [2.45, 2.75) is 48.9 Å². The number of Topliss-reactive ketones (excluding diaryl/α,β-unsaturated/α-hetero) is 1. The molecule has 0 radical (unpaired) electrons. The molecule has 1 aliphatic carbocycles. The summed E-state index contributed by atoms with van der Waals surface area (Å²) in [6.45, 7) is 3.75. The van der Waals surface area contributed by atoms with Crippen LogP contribution in [-0.4, -0.2) is 30.7 Å². The minimum atomic E-state index is -3.81. The highest BCUT2D eigenvalue weighted by Crippen LogP contribution is 2.40. The van der Waals surface area contributed by atoms with Gasteiger partial charge in [-0.15, -0.1) is 0 Å². The largest absolute Gasteiger partial charge is 0.392 e. The van der Waals surface area contributed by atoms with Crippen molar-refractivity contribution in [3.63, 3.8) is 0 Å². The second-order valence-corrected chi connectivity index (χ2v) is 9.11. The summed E-state index contributed by atoms with van der Waals surface area (Å²) in [6.07, 6.45) is -0.0308. The first-order valence-electron chi connectivity index (χ1n) is 8.93. The Hall–Kier alpha value is -1.98. The first-order valence-corrected chi connectivity index (χ1v) is 10.5. The fourth-order valence-corrected chi connectivity index (χ4v) is 5.95. The zero-order valence-electron chi connectivity index (χ0n) is 15.0. The van der Waals surface area contributed by atoms with Gasteiger partial charge in [0.25, 0.3) is 0 Å². The second-order valence-electron chi connectivity index (χ2n) is 7.04. The van der Waals surface area contributed by atoms with E-state index in [1.807, 2.05) is 19.9 Å². The fourth-order valence-electron chi connectivity index (χ4n) is 3.88. The van der Waals surface area contributed by atoms with E-state index in [1.54, 1.807) is 48.5 Å². The Balaban J connectivity index is 2.05. The quantitative estimate of drug-likeness (QED) is 0.894. The maximum absolute atomic E-state index is 13.3. The molecule has 2 aromatic rings. The Kier molecular flexibility index (Phi) is 5.30. The molecule has 2 aromatic carbocycles. The smallest absolute Gasteiger partial charge is 0.188 e. The number of carbonyl (C=O) groups is 1. The van der Waals surface area contributed by atoms with Gasteiger partial charge in [-0.1, -0.05) is 61.4 Å². The minimum Gasteiger partial charge on any atom is -0.392 e. The van der Waals surface area contributed by atoms with E-state index in [1.165, 1.54) is 0 Å². The SMILES string of the molecule is CC[C@@H]1C[C@@H](O)[C@H](c2ccccc2)C(=O)[C@H]1S(=O)(=O)c1ccc(C)cc1. The lowest BCUT2D eigenvalue weighted by atomic mass is 9.74. The Morgan fingerprint density at radius 2 is 1.65 bits per heavy atom. The molecule has 0 amide bonds. The molecule has 1 N–H and O–H groups in total. The van der Waals surface area contributed by atoms with Crippen LogP contribution in [0.15, 0.2) is 59.5 Å². The van der Waals surface area contributed by atoms with E-state index >= 15 is 0 Å². The highest BCUT2D eigenvalue weighted by atomic mass is 32.2. The molecule has 138 valence electrons. The summed E-state index contributed by atoms with van der Waals surface area (Å²) >= 11 is 0. The molecule has 0 saturated heterocycles. The number of carbonyl (C=O) groups excluding carboxylic acids is 1. The third kappa shape index (κ3) is 3.33. The third-order valence-corrected chi connectivity index (χ3v) is 7.53. The lowest BCUT2D eigenvalue weighted by molar-refractivity contribution is -0.126. The fraction of sp³-hybridized carbons (Fsp3) is 0.381. The number of hydrogen-bond acceptors (Lipinski definition) is 4. The molecule has 0 bridgehead atoms. The van der Waals surface area contributed by atoms with Crippen molar-refractivity contribution in [1.29, 1.82) is 0 Å². The molecule has 4 nitrogen and oxygen atoms in total. The highest BCUT2D eigenvalue weighted by molar-refractivity contribution is 7.92. The van der Waals surface area contributed by atoms with Gasteiger partial charge < -0.3 is 5.11 Å². The van der Waals surface area contributed by atoms with Crippen LogP contribution < -0.4 is 0 Å². The van der Waals surface area contributed by atoms with Gasteiger partial charge in [0.1, 0.15) is 5.25 Å². The summed E-state index contributed by atoms with van der Waals surface area (Å²) in [5.41, 5.74) is 1.63. The lowest BCUT2D eigenvalue weighted by Gasteiger charge is -2.37. The zero-order valence-corrected chi connectivity index (χ0v) is 15.8. The lowest BCUT2D eigenvalue weighted by Crippen LogP contribution is -2.49. The molecular formula is C21H24O4S. The number of aryl methyl sites for hydroxylation is 1. The maximum Gasteiger partial charge on any atom is 0.188 e. The van der Waals surface area contributed by atoms with Crippen LogP contribution in [0.5, 0.6) is 0 Å². The van der Waals surface area contributed by atoms with Gasteiger partial charge in [-0.05, 0) is 37.0 Å². The highest BCUT2D eigenvalue weighted by Gasteiger charge is 2.49. The van der Waals surface area contributed by atoms with Crippen LogP contribution in [0.1, 0.15) is 36.8 Å². The topological polar surface area (TPSA) is 71.4 Å². The van der Waals surface area contributed by atoms with Crippen LogP contribution in [0, 0.1) is 12.8 Å². The summed E-state index contributed by atoms with van der Waals surface area (Å²) in [4.78, 5) is 13.4. The van der Waals surface area contributed by atoms with Gasteiger partial charge in [0, 0.05) is 0 Å². The Morgan fingerprint density at radius 1 is 1.04 bits per heavy atom. The molecule has 1 fully saturated rings. The zero-order chi connectivity index (χ0) is 18.9. The summed E-state index contributed by atoms with van der Waals surface area (Å²) in [6, 6.07) is 15.6. The molecule has 0 heterocycles. The van der Waals surface area contributed by atoms with E-state index < -0.39 is 32.9 Å². The van der Waals surface area contributed by atoms with Gasteiger partial charge in [-0.3, -0.25) is 4.79 Å². The van der Waals surface area contributed by atoms with E-state index in [0.717, 1.165) is 5.56 Å². The van der Waals surface area contributed by atoms with E-state index in [2.05, 4.69) is 0 Å². The summed E-state index contributed by atoms with van der Waals surface area (Å²) < 4.78 is 26.5. The van der Waals surface area contributed by atoms with E-state index in [4.69, 9.17) is 0 Å². The molecule has 1 aliphatic rings. The molecule has 0 unspecified atom stereocenters. The summed E-state index contributed by atoms with van der Waals surface area (Å²) in [7, 11) is -3.81. The Labute approximate surface area is 154 Å². The number of aliphatic hydroxyl groups excluding tert-OH is 1. The van der Waals surface area contributed by atoms with Crippen molar-refractivity contribution in [2.75, 3.05) is 0 Å². The van der Waals surface area contributed by atoms with Gasteiger partial charge in [-0.2, -0.15) is 0 Å². The first kappa shape index (κ1) is 18.8. The normalized spacial score (nSPS) is 26.7. The predicted octanol–water partition coefficient (Wildman–Crippen LogP) is 3.28. The van der Waals surface area contributed by atoms with Gasteiger partial charge >= 0.3 is 0 Å². The van der Waals surface area contributed by atoms with Crippen LogP contribution in [-0.2, 0) is 14.6 Å². The van der Waals surface area contributed by atoms with Crippen LogP contribution in [0.3, 0.4) is 0 Å². The average Bonchev–Trinajstić information content (AvgIpc) is 2.62. The van der Waals surface area contributed by atoms with E-state index in [9.17, 15) is 18.3 Å². The Morgan fingerprint density at radius 3 is 2.23 bits per heavy atom. The Bertz CT molecular complexity index is 872. The van der Waals surface area contributed by atoms with Crippen molar-refractivity contribution in [3.05, 3.63) is 65.7 Å². The molecule has 1 saturated carbocycles. The van der Waals surface area contributed by atoms with Crippen molar-refractivity contribution in [1.82, 2.24) is 0 Å². The van der Waals surface area contributed by atoms with Crippen molar-refractivity contribution < 1.29 is 18.3 Å². The molecule has 3 rings (SSSR count). The number of rotatable bonds is 4. The van der Waals surface area contributed by atoms with Crippen molar-refractivity contribution in [2.24, 2.45) is 5.92 Å². The first-order chi connectivity index (χ1) is 12.4. The number of aliphatic hydroxyl groups is 1. The molecule has 4 atom stereocenters. The van der Waals surface area contributed by atoms with Gasteiger partial charge in [0.05, 0.1) is 16.9 Å². The van der Waals surface area contributed by atoms with Crippen molar-refractivity contribution in [3.8, 4) is 0 Å². The van der Waals surface area contributed by atoms with Crippen LogP contribution in [0.4, 0.5) is 0 Å². The molecule has 5 heteroatoms. The number of benzene rings is 2. The van der Waals surface area contributed by atoms with Crippen molar-refractivity contribution >= 4 is 15.6 Å². The summed E-state index contributed by atoms with van der Waals surface area (Å²) in [5.74, 6) is -1.59. The molecular weight excluding hydrogens is 348 g/mol. The van der Waals surface area contributed by atoms with Gasteiger partial charge in [0.15, 0.2) is 15.6 Å². The molecule has 0 aromatic heterocycles.